The molecule has 0 fully saturated rings. The van der Waals surface area contributed by atoms with Gasteiger partial charge in [-0.05, 0) is 18.4 Å². The second-order valence-electron chi connectivity index (χ2n) is 3.14. The van der Waals surface area contributed by atoms with E-state index in [-0.39, 0.29) is 5.75 Å². The summed E-state index contributed by atoms with van der Waals surface area (Å²) in [5, 5.41) is 9.45. The molecule has 0 spiro atoms. The first-order valence-corrected chi connectivity index (χ1v) is 6.02. The topological polar surface area (TPSA) is 75.2 Å². The van der Waals surface area contributed by atoms with E-state index in [9.17, 15) is 9.90 Å². The Morgan fingerprint density at radius 2 is 2.18 bits per heavy atom. The smallest absolute Gasteiger partial charge is 0.297 e. The Labute approximate surface area is 101 Å². The van der Waals surface area contributed by atoms with Gasteiger partial charge in [0, 0.05) is 4.90 Å². The lowest BCUT2D eigenvalue weighted by Gasteiger charge is -2.08. The number of H-pyrrole nitrogens is 1. The number of hydrogen-bond acceptors (Lipinski definition) is 5. The highest BCUT2D eigenvalue weighted by molar-refractivity contribution is 7.98. The molecule has 1 heterocycles. The zero-order valence-electron chi connectivity index (χ0n) is 9.01. The molecule has 17 heavy (non-hydrogen) atoms. The van der Waals surface area contributed by atoms with Gasteiger partial charge in [-0.2, -0.15) is 0 Å². The second kappa shape index (κ2) is 4.92. The fourth-order valence-electron chi connectivity index (χ4n) is 1.28. The molecule has 2 rings (SSSR count). The quantitative estimate of drug-likeness (QED) is 0.815. The Bertz CT molecular complexity index is 583. The van der Waals surface area contributed by atoms with Gasteiger partial charge in [0.15, 0.2) is 0 Å². The Hall–Kier alpha value is -1.95. The normalized spacial score (nSPS) is 10.2. The summed E-state index contributed by atoms with van der Waals surface area (Å²) in [6, 6.07) is 7.24. The van der Waals surface area contributed by atoms with Crippen LogP contribution in [0.5, 0.6) is 17.4 Å². The van der Waals surface area contributed by atoms with Crippen LogP contribution < -0.4 is 10.3 Å². The summed E-state index contributed by atoms with van der Waals surface area (Å²) < 4.78 is 5.38. The van der Waals surface area contributed by atoms with Crippen LogP contribution in [0.15, 0.2) is 40.3 Å². The molecule has 0 saturated carbocycles. The summed E-state index contributed by atoms with van der Waals surface area (Å²) in [6.07, 6.45) is 3.01. The predicted octanol–water partition coefficient (Wildman–Crippen LogP) is 1.99. The summed E-state index contributed by atoms with van der Waals surface area (Å²) in [5.74, 6) is -0.118. The number of para-hydroxylation sites is 1. The number of aromatic nitrogens is 2. The number of nitrogens with zero attached hydrogens (tertiary/aromatic N) is 1. The number of aromatic hydroxyl groups is 1. The molecular weight excluding hydrogens is 240 g/mol. The van der Waals surface area contributed by atoms with E-state index in [2.05, 4.69) is 9.97 Å². The number of nitrogens with one attached hydrogen (secondary N) is 1. The van der Waals surface area contributed by atoms with Gasteiger partial charge in [0.25, 0.3) is 17.2 Å². The van der Waals surface area contributed by atoms with Gasteiger partial charge in [0.1, 0.15) is 5.75 Å². The molecule has 0 atom stereocenters. The first-order chi connectivity index (χ1) is 8.22. The maximum Gasteiger partial charge on any atom is 0.297 e. The van der Waals surface area contributed by atoms with Crippen molar-refractivity contribution in [2.24, 2.45) is 0 Å². The molecule has 0 amide bonds. The molecule has 1 aromatic carbocycles. The lowest BCUT2D eigenvalue weighted by molar-refractivity contribution is 0.385. The molecule has 0 saturated heterocycles. The largest absolute Gasteiger partial charge is 0.490 e. The van der Waals surface area contributed by atoms with Gasteiger partial charge in [-0.25, -0.2) is 4.98 Å². The molecule has 6 heteroatoms. The van der Waals surface area contributed by atoms with Crippen molar-refractivity contribution in [2.75, 3.05) is 6.26 Å². The standard InChI is InChI=1S/C11H10N2O3S/c1-17-8-5-3-2-4-7(8)16-9-10(14)12-6-13-11(9)15/h2-6H,1H3,(H2,12,13,14,15). The molecule has 2 N–H and O–H groups in total. The van der Waals surface area contributed by atoms with Crippen LogP contribution in [0.1, 0.15) is 0 Å². The summed E-state index contributed by atoms with van der Waals surface area (Å²) in [6.45, 7) is 0. The maximum atomic E-state index is 11.5. The van der Waals surface area contributed by atoms with Crippen LogP contribution in [0.25, 0.3) is 0 Å². The van der Waals surface area contributed by atoms with Gasteiger partial charge in [-0.3, -0.25) is 4.79 Å². The number of hydrogen-bond donors (Lipinski definition) is 2. The molecule has 0 aliphatic rings. The average Bonchev–Trinajstić information content (AvgIpc) is 2.34. The van der Waals surface area contributed by atoms with Gasteiger partial charge >= 0.3 is 0 Å². The minimum Gasteiger partial charge on any atom is -0.490 e. The molecule has 5 nitrogen and oxygen atoms in total. The van der Waals surface area contributed by atoms with E-state index in [1.165, 1.54) is 11.8 Å². The molecular formula is C11H10N2O3S. The molecule has 88 valence electrons. The Kier molecular flexibility index (Phi) is 3.34. The van der Waals surface area contributed by atoms with Crippen molar-refractivity contribution < 1.29 is 9.84 Å². The van der Waals surface area contributed by atoms with Gasteiger partial charge in [-0.15, -0.1) is 11.8 Å². The SMILES string of the molecule is CSc1ccccc1Oc1c(O)nc[nH]c1=O. The third-order valence-electron chi connectivity index (χ3n) is 2.07. The van der Waals surface area contributed by atoms with E-state index in [0.717, 1.165) is 11.2 Å². The van der Waals surface area contributed by atoms with Crippen molar-refractivity contribution in [3.63, 3.8) is 0 Å². The molecule has 0 bridgehead atoms. The number of aromatic amines is 1. The summed E-state index contributed by atoms with van der Waals surface area (Å²) in [5.41, 5.74) is -0.520. The fourth-order valence-corrected chi connectivity index (χ4v) is 1.81. The highest BCUT2D eigenvalue weighted by atomic mass is 32.2. The third kappa shape index (κ3) is 2.42. The van der Waals surface area contributed by atoms with Crippen molar-refractivity contribution in [1.82, 2.24) is 9.97 Å². The van der Waals surface area contributed by atoms with Crippen LogP contribution in [0.3, 0.4) is 0 Å². The van der Waals surface area contributed by atoms with Crippen molar-refractivity contribution in [1.29, 1.82) is 0 Å². The Morgan fingerprint density at radius 3 is 2.88 bits per heavy atom. The van der Waals surface area contributed by atoms with E-state index in [1.54, 1.807) is 12.1 Å². The minimum atomic E-state index is -0.520. The van der Waals surface area contributed by atoms with Crippen LogP contribution >= 0.6 is 11.8 Å². The third-order valence-corrected chi connectivity index (χ3v) is 2.85. The highest BCUT2D eigenvalue weighted by Gasteiger charge is 2.12. The van der Waals surface area contributed by atoms with Crippen LogP contribution in [0.4, 0.5) is 0 Å². The van der Waals surface area contributed by atoms with E-state index in [0.29, 0.717) is 5.75 Å². The van der Waals surface area contributed by atoms with Crippen LogP contribution in [0.2, 0.25) is 0 Å². The van der Waals surface area contributed by atoms with Crippen molar-refractivity contribution >= 4 is 11.8 Å². The monoisotopic (exact) mass is 250 g/mol. The van der Waals surface area contributed by atoms with E-state index in [1.807, 2.05) is 18.4 Å². The zero-order chi connectivity index (χ0) is 12.3. The van der Waals surface area contributed by atoms with Crippen LogP contribution in [0, 0.1) is 0 Å². The van der Waals surface area contributed by atoms with Crippen LogP contribution in [-0.4, -0.2) is 21.3 Å². The van der Waals surface area contributed by atoms with Gasteiger partial charge in [-0.1, -0.05) is 12.1 Å². The first-order valence-electron chi connectivity index (χ1n) is 4.80. The average molecular weight is 250 g/mol. The highest BCUT2D eigenvalue weighted by Crippen LogP contribution is 2.32. The lowest BCUT2D eigenvalue weighted by Crippen LogP contribution is -2.09. The van der Waals surface area contributed by atoms with Crippen molar-refractivity contribution in [2.45, 2.75) is 4.90 Å². The van der Waals surface area contributed by atoms with Crippen LogP contribution in [-0.2, 0) is 0 Å². The number of thioether (sulfide) groups is 1. The molecule has 0 unspecified atom stereocenters. The predicted molar refractivity (Wildman–Crippen MR) is 64.8 cm³/mol. The number of rotatable bonds is 3. The van der Waals surface area contributed by atoms with Gasteiger partial charge in [0.2, 0.25) is 0 Å². The van der Waals surface area contributed by atoms with Crippen molar-refractivity contribution in [3.8, 4) is 17.4 Å². The molecule has 0 aliphatic carbocycles. The molecule has 1 aromatic heterocycles. The lowest BCUT2D eigenvalue weighted by atomic mass is 10.3. The van der Waals surface area contributed by atoms with Crippen molar-refractivity contribution in [3.05, 3.63) is 40.9 Å². The van der Waals surface area contributed by atoms with E-state index >= 15 is 0 Å². The maximum absolute atomic E-state index is 11.5. The second-order valence-corrected chi connectivity index (χ2v) is 3.99. The summed E-state index contributed by atoms with van der Waals surface area (Å²) in [4.78, 5) is 18.2. The van der Waals surface area contributed by atoms with E-state index < -0.39 is 11.4 Å². The van der Waals surface area contributed by atoms with Gasteiger partial charge < -0.3 is 14.8 Å². The van der Waals surface area contributed by atoms with Gasteiger partial charge in [0.05, 0.1) is 6.33 Å². The number of ether oxygens (including phenoxy) is 1. The zero-order valence-corrected chi connectivity index (χ0v) is 9.82. The Morgan fingerprint density at radius 1 is 1.41 bits per heavy atom. The minimum absolute atomic E-state index is 0.200. The molecule has 2 aromatic rings. The first kappa shape index (κ1) is 11.5. The summed E-state index contributed by atoms with van der Waals surface area (Å²) >= 11 is 1.49. The molecule has 0 radical (unpaired) electrons. The summed E-state index contributed by atoms with van der Waals surface area (Å²) in [7, 11) is 0. The molecule has 0 aliphatic heterocycles. The fraction of sp³-hybridized carbons (Fsp3) is 0.0909. The Balaban J connectivity index is 2.41. The number of benzene rings is 1. The van der Waals surface area contributed by atoms with E-state index in [4.69, 9.17) is 4.74 Å².